The van der Waals surface area contributed by atoms with Crippen LogP contribution in [0.2, 0.25) is 0 Å². The Kier molecular flexibility index (Phi) is 4.46. The fraction of sp³-hybridized carbons (Fsp3) is 0.571. The average Bonchev–Trinajstić information content (AvgIpc) is 2.27. The molecule has 1 heterocycles. The van der Waals surface area contributed by atoms with Gasteiger partial charge in [-0.3, -0.25) is 0 Å². The number of hydrogen-bond donors (Lipinski definition) is 1. The van der Waals surface area contributed by atoms with Gasteiger partial charge in [-0.1, -0.05) is 28.9 Å². The van der Waals surface area contributed by atoms with Crippen molar-refractivity contribution in [2.45, 2.75) is 20.3 Å². The fourth-order valence-corrected chi connectivity index (χ4v) is 2.66. The van der Waals surface area contributed by atoms with E-state index in [4.69, 9.17) is 0 Å². The van der Waals surface area contributed by atoms with E-state index in [1.165, 1.54) is 22.1 Å². The van der Waals surface area contributed by atoms with Crippen LogP contribution in [-0.2, 0) is 0 Å². The van der Waals surface area contributed by atoms with Crippen molar-refractivity contribution < 1.29 is 0 Å². The molecule has 1 N–H and O–H groups in total. The van der Waals surface area contributed by atoms with Crippen molar-refractivity contribution in [3.05, 3.63) is 28.2 Å². The smallest absolute Gasteiger partial charge is 0.0377 e. The normalized spacial score (nSPS) is 22.1. The lowest BCUT2D eigenvalue weighted by molar-refractivity contribution is 0.468. The van der Waals surface area contributed by atoms with Crippen molar-refractivity contribution in [3.63, 3.8) is 0 Å². The van der Waals surface area contributed by atoms with E-state index in [1.807, 2.05) is 0 Å². The van der Waals surface area contributed by atoms with Crippen LogP contribution in [0.3, 0.4) is 0 Å². The second kappa shape index (κ2) is 5.87. The highest BCUT2D eigenvalue weighted by Crippen LogP contribution is 2.24. The summed E-state index contributed by atoms with van der Waals surface area (Å²) in [5.41, 5.74) is 2.65. The number of benzene rings is 1. The minimum Gasteiger partial charge on any atom is -0.371 e. The summed E-state index contributed by atoms with van der Waals surface area (Å²) in [7, 11) is 0. The number of nitrogens with zero attached hydrogens (tertiary/aromatic N) is 1. The highest BCUT2D eigenvalue weighted by atomic mass is 79.9. The standard InChI is InChI=1S/C14H21BrN2/c1-11-9-16-6-3-7-17(10-11)13-5-4-12(2)14(15)8-13/h4-5,8,11,16H,3,6-7,9-10H2,1-2H3. The topological polar surface area (TPSA) is 15.3 Å². The van der Waals surface area contributed by atoms with Crippen LogP contribution in [0.25, 0.3) is 0 Å². The molecule has 17 heavy (non-hydrogen) atoms. The van der Waals surface area contributed by atoms with Gasteiger partial charge >= 0.3 is 0 Å². The molecule has 1 aliphatic rings. The molecule has 1 unspecified atom stereocenters. The third-order valence-corrected chi connectivity index (χ3v) is 4.18. The van der Waals surface area contributed by atoms with E-state index in [9.17, 15) is 0 Å². The Morgan fingerprint density at radius 3 is 3.00 bits per heavy atom. The largest absolute Gasteiger partial charge is 0.371 e. The summed E-state index contributed by atoms with van der Waals surface area (Å²) >= 11 is 3.62. The molecule has 0 bridgehead atoms. The van der Waals surface area contributed by atoms with Crippen molar-refractivity contribution in [2.75, 3.05) is 31.1 Å². The zero-order valence-electron chi connectivity index (χ0n) is 10.7. The number of halogens is 1. The molecule has 0 amide bonds. The Labute approximate surface area is 113 Å². The van der Waals surface area contributed by atoms with Crippen LogP contribution in [0.1, 0.15) is 18.9 Å². The minimum absolute atomic E-state index is 0.704. The zero-order valence-corrected chi connectivity index (χ0v) is 12.3. The third-order valence-electron chi connectivity index (χ3n) is 3.33. The molecule has 94 valence electrons. The van der Waals surface area contributed by atoms with Gasteiger partial charge in [-0.05, 0) is 50.0 Å². The number of nitrogens with one attached hydrogen (secondary N) is 1. The van der Waals surface area contributed by atoms with E-state index in [0.717, 1.165) is 26.2 Å². The highest BCUT2D eigenvalue weighted by molar-refractivity contribution is 9.10. The van der Waals surface area contributed by atoms with Crippen molar-refractivity contribution in [1.82, 2.24) is 5.32 Å². The molecular formula is C14H21BrN2. The zero-order chi connectivity index (χ0) is 12.3. The number of rotatable bonds is 1. The molecule has 0 radical (unpaired) electrons. The molecule has 1 atom stereocenters. The van der Waals surface area contributed by atoms with Crippen LogP contribution in [0, 0.1) is 12.8 Å². The quantitative estimate of drug-likeness (QED) is 0.856. The van der Waals surface area contributed by atoms with Crippen LogP contribution in [0.4, 0.5) is 5.69 Å². The number of anilines is 1. The Morgan fingerprint density at radius 1 is 1.41 bits per heavy atom. The maximum absolute atomic E-state index is 3.62. The molecule has 1 aromatic carbocycles. The average molecular weight is 297 g/mol. The first-order chi connectivity index (χ1) is 8.16. The van der Waals surface area contributed by atoms with Gasteiger partial charge in [-0.25, -0.2) is 0 Å². The van der Waals surface area contributed by atoms with E-state index < -0.39 is 0 Å². The van der Waals surface area contributed by atoms with Crippen molar-refractivity contribution >= 4 is 21.6 Å². The first-order valence-corrected chi connectivity index (χ1v) is 7.18. The van der Waals surface area contributed by atoms with E-state index in [1.54, 1.807) is 0 Å². The molecule has 1 fully saturated rings. The van der Waals surface area contributed by atoms with Crippen molar-refractivity contribution in [2.24, 2.45) is 5.92 Å². The molecule has 3 heteroatoms. The Bertz CT molecular complexity index is 378. The van der Waals surface area contributed by atoms with Crippen LogP contribution in [-0.4, -0.2) is 26.2 Å². The first-order valence-electron chi connectivity index (χ1n) is 6.38. The van der Waals surface area contributed by atoms with E-state index >= 15 is 0 Å². The predicted molar refractivity (Wildman–Crippen MR) is 77.7 cm³/mol. The second-order valence-corrected chi connectivity index (χ2v) is 5.90. The fourth-order valence-electron chi connectivity index (χ4n) is 2.29. The summed E-state index contributed by atoms with van der Waals surface area (Å²) in [6.07, 6.45) is 1.22. The number of aryl methyl sites for hydroxylation is 1. The molecule has 2 nitrogen and oxygen atoms in total. The lowest BCUT2D eigenvalue weighted by Gasteiger charge is -2.31. The second-order valence-electron chi connectivity index (χ2n) is 5.04. The first kappa shape index (κ1) is 12.9. The summed E-state index contributed by atoms with van der Waals surface area (Å²) in [6, 6.07) is 6.68. The summed E-state index contributed by atoms with van der Waals surface area (Å²) in [5.74, 6) is 0.704. The molecule has 0 spiro atoms. The van der Waals surface area contributed by atoms with Crippen LogP contribution in [0.5, 0.6) is 0 Å². The van der Waals surface area contributed by atoms with E-state index in [0.29, 0.717) is 5.92 Å². The third kappa shape index (κ3) is 3.46. The predicted octanol–water partition coefficient (Wildman–Crippen LogP) is 3.19. The van der Waals surface area contributed by atoms with Gasteiger partial charge in [0.2, 0.25) is 0 Å². The van der Waals surface area contributed by atoms with Gasteiger partial charge in [0.1, 0.15) is 0 Å². The summed E-state index contributed by atoms with van der Waals surface area (Å²) < 4.78 is 1.21. The summed E-state index contributed by atoms with van der Waals surface area (Å²) in [4.78, 5) is 2.51. The van der Waals surface area contributed by atoms with Gasteiger partial charge in [0, 0.05) is 23.2 Å². The summed E-state index contributed by atoms with van der Waals surface area (Å²) in [5, 5.41) is 3.49. The van der Waals surface area contributed by atoms with Gasteiger partial charge in [0.25, 0.3) is 0 Å². The molecule has 0 aromatic heterocycles. The van der Waals surface area contributed by atoms with Gasteiger partial charge in [-0.15, -0.1) is 0 Å². The van der Waals surface area contributed by atoms with E-state index in [2.05, 4.69) is 58.2 Å². The Balaban J connectivity index is 2.15. The maximum atomic E-state index is 3.62. The van der Waals surface area contributed by atoms with E-state index in [-0.39, 0.29) is 0 Å². The molecule has 1 saturated heterocycles. The monoisotopic (exact) mass is 296 g/mol. The van der Waals surface area contributed by atoms with Gasteiger partial charge < -0.3 is 10.2 Å². The van der Waals surface area contributed by atoms with Gasteiger partial charge in [-0.2, -0.15) is 0 Å². The van der Waals surface area contributed by atoms with Crippen molar-refractivity contribution in [3.8, 4) is 0 Å². The molecule has 1 aliphatic heterocycles. The molecule has 0 aliphatic carbocycles. The van der Waals surface area contributed by atoms with Gasteiger partial charge in [0.05, 0.1) is 0 Å². The molecule has 2 rings (SSSR count). The SMILES string of the molecule is Cc1ccc(N2CCCNCC(C)C2)cc1Br. The summed E-state index contributed by atoms with van der Waals surface area (Å²) in [6.45, 7) is 9.00. The molecular weight excluding hydrogens is 276 g/mol. The molecule has 1 aromatic rings. The lowest BCUT2D eigenvalue weighted by atomic mass is 10.1. The van der Waals surface area contributed by atoms with Crippen LogP contribution < -0.4 is 10.2 Å². The molecule has 0 saturated carbocycles. The lowest BCUT2D eigenvalue weighted by Crippen LogP contribution is -2.38. The van der Waals surface area contributed by atoms with Gasteiger partial charge in [0.15, 0.2) is 0 Å². The van der Waals surface area contributed by atoms with Crippen molar-refractivity contribution in [1.29, 1.82) is 0 Å². The Morgan fingerprint density at radius 2 is 2.24 bits per heavy atom. The van der Waals surface area contributed by atoms with Crippen LogP contribution in [0.15, 0.2) is 22.7 Å². The number of hydrogen-bond acceptors (Lipinski definition) is 2. The van der Waals surface area contributed by atoms with Crippen LogP contribution >= 0.6 is 15.9 Å². The maximum Gasteiger partial charge on any atom is 0.0377 e. The Hall–Kier alpha value is -0.540. The minimum atomic E-state index is 0.704. The highest BCUT2D eigenvalue weighted by Gasteiger charge is 2.14.